The molecule has 4 N–H and O–H groups in total. The summed E-state index contributed by atoms with van der Waals surface area (Å²) in [4.78, 5) is 0. The van der Waals surface area contributed by atoms with Crippen LogP contribution in [0.4, 0.5) is 0 Å². The van der Waals surface area contributed by atoms with Gasteiger partial charge in [-0.1, -0.05) is 0 Å². The molecule has 0 bridgehead atoms. The van der Waals surface area contributed by atoms with Gasteiger partial charge in [0.15, 0.2) is 11.5 Å². The number of rotatable bonds is 1. The number of phenolic OH excluding ortho intramolecular Hbond substituents is 4. The fraction of sp³-hybridized carbons (Fsp3) is 0.167. The highest BCUT2D eigenvalue weighted by Gasteiger charge is 2.19. The third-order valence-electron chi connectivity index (χ3n) is 2.71. The second kappa shape index (κ2) is 3.62. The van der Waals surface area contributed by atoms with Crippen LogP contribution in [0.3, 0.4) is 0 Å². The molecule has 2 aromatic rings. The number of ether oxygens (including phenoxy) is 1. The number of hydrogen-bond donors (Lipinski definition) is 4. The summed E-state index contributed by atoms with van der Waals surface area (Å²) in [6.07, 6.45) is 0. The van der Waals surface area contributed by atoms with Crippen LogP contribution in [0.1, 0.15) is 5.56 Å². The molecule has 0 saturated carbocycles. The van der Waals surface area contributed by atoms with E-state index in [1.807, 2.05) is 0 Å². The number of hydrogen-bond acceptors (Lipinski definition) is 5. The summed E-state index contributed by atoms with van der Waals surface area (Å²) in [5.74, 6) is -0.828. The highest BCUT2D eigenvalue weighted by atomic mass is 16.5. The van der Waals surface area contributed by atoms with Crippen LogP contribution in [-0.4, -0.2) is 27.5 Å². The molecule has 0 spiro atoms. The van der Waals surface area contributed by atoms with Crippen molar-refractivity contribution in [1.29, 1.82) is 0 Å². The van der Waals surface area contributed by atoms with Gasteiger partial charge in [0.2, 0.25) is 0 Å². The summed E-state index contributed by atoms with van der Waals surface area (Å²) in [5, 5.41) is 39.1. The molecule has 0 aliphatic heterocycles. The van der Waals surface area contributed by atoms with Crippen molar-refractivity contribution >= 4 is 10.8 Å². The molecule has 0 fully saturated rings. The summed E-state index contributed by atoms with van der Waals surface area (Å²) in [6.45, 7) is 1.56. The summed E-state index contributed by atoms with van der Waals surface area (Å²) < 4.78 is 4.97. The first kappa shape index (κ1) is 11.2. The van der Waals surface area contributed by atoms with E-state index in [0.717, 1.165) is 6.07 Å². The molecule has 0 radical (unpaired) electrons. The van der Waals surface area contributed by atoms with Gasteiger partial charge in [-0.25, -0.2) is 0 Å². The SMILES string of the molecule is COc1c(C)c(O)c2c(O)cc(O)cc2c1O. The van der Waals surface area contributed by atoms with E-state index in [4.69, 9.17) is 4.74 Å². The molecule has 2 rings (SSSR count). The maximum atomic E-state index is 9.95. The summed E-state index contributed by atoms with van der Waals surface area (Å²) in [7, 11) is 1.36. The van der Waals surface area contributed by atoms with E-state index < -0.39 is 0 Å². The molecule has 17 heavy (non-hydrogen) atoms. The van der Waals surface area contributed by atoms with Gasteiger partial charge in [0, 0.05) is 17.0 Å². The van der Waals surface area contributed by atoms with Crippen molar-refractivity contribution in [3.63, 3.8) is 0 Å². The second-order valence-electron chi connectivity index (χ2n) is 3.74. The standard InChI is InChI=1S/C12H12O5/c1-5-10(15)9-7(11(16)12(5)17-2)3-6(13)4-8(9)14/h3-4,13-16H,1-2H3. The molecule has 0 saturated heterocycles. The van der Waals surface area contributed by atoms with Gasteiger partial charge < -0.3 is 25.2 Å². The monoisotopic (exact) mass is 236 g/mol. The molecule has 90 valence electrons. The molecule has 2 aromatic carbocycles. The van der Waals surface area contributed by atoms with Crippen LogP contribution in [0.5, 0.6) is 28.7 Å². The Balaban J connectivity index is 3.03. The topological polar surface area (TPSA) is 90.2 Å². The van der Waals surface area contributed by atoms with E-state index in [9.17, 15) is 20.4 Å². The zero-order chi connectivity index (χ0) is 12.7. The lowest BCUT2D eigenvalue weighted by molar-refractivity contribution is 0.368. The Labute approximate surface area is 97.1 Å². The molecule has 5 nitrogen and oxygen atoms in total. The summed E-state index contributed by atoms with van der Waals surface area (Å²) in [5.41, 5.74) is 0.318. The number of aromatic hydroxyl groups is 4. The molecule has 0 aromatic heterocycles. The average Bonchev–Trinajstić information content (AvgIpc) is 2.26. The molecular weight excluding hydrogens is 224 g/mol. The quantitative estimate of drug-likeness (QED) is 0.568. The minimum absolute atomic E-state index is 0.0820. The maximum Gasteiger partial charge on any atom is 0.167 e. The molecule has 0 unspecified atom stereocenters. The predicted octanol–water partition coefficient (Wildman–Crippen LogP) is 1.98. The van der Waals surface area contributed by atoms with Crippen LogP contribution in [0.15, 0.2) is 12.1 Å². The zero-order valence-corrected chi connectivity index (χ0v) is 9.35. The van der Waals surface area contributed by atoms with Gasteiger partial charge in [0.05, 0.1) is 12.5 Å². The van der Waals surface area contributed by atoms with Crippen LogP contribution in [-0.2, 0) is 0 Å². The molecule has 0 aliphatic rings. The van der Waals surface area contributed by atoms with E-state index in [-0.39, 0.29) is 39.5 Å². The van der Waals surface area contributed by atoms with Gasteiger partial charge in [-0.15, -0.1) is 0 Å². The van der Waals surface area contributed by atoms with E-state index in [1.165, 1.54) is 13.2 Å². The van der Waals surface area contributed by atoms with Crippen molar-refractivity contribution < 1.29 is 25.2 Å². The lowest BCUT2D eigenvalue weighted by Crippen LogP contribution is -1.90. The van der Waals surface area contributed by atoms with Crippen molar-refractivity contribution in [3.05, 3.63) is 17.7 Å². The zero-order valence-electron chi connectivity index (χ0n) is 9.35. The first-order valence-electron chi connectivity index (χ1n) is 4.91. The van der Waals surface area contributed by atoms with Gasteiger partial charge in [0.1, 0.15) is 17.2 Å². The first-order chi connectivity index (χ1) is 7.97. The van der Waals surface area contributed by atoms with Crippen LogP contribution in [0.25, 0.3) is 10.8 Å². The minimum atomic E-state index is -0.307. The Kier molecular flexibility index (Phi) is 2.38. The molecule has 5 heteroatoms. The fourth-order valence-corrected chi connectivity index (χ4v) is 1.89. The van der Waals surface area contributed by atoms with Crippen molar-refractivity contribution in [1.82, 2.24) is 0 Å². The van der Waals surface area contributed by atoms with Gasteiger partial charge >= 0.3 is 0 Å². The molecule has 0 heterocycles. The van der Waals surface area contributed by atoms with E-state index in [0.29, 0.717) is 5.56 Å². The Bertz CT molecular complexity index is 604. The van der Waals surface area contributed by atoms with Gasteiger partial charge in [-0.05, 0) is 13.0 Å². The van der Waals surface area contributed by atoms with Crippen molar-refractivity contribution in [3.8, 4) is 28.7 Å². The Morgan fingerprint density at radius 3 is 2.24 bits per heavy atom. The molecule has 0 amide bonds. The number of benzene rings is 2. The van der Waals surface area contributed by atoms with Gasteiger partial charge in [-0.3, -0.25) is 0 Å². The third kappa shape index (κ3) is 1.47. The fourth-order valence-electron chi connectivity index (χ4n) is 1.89. The van der Waals surface area contributed by atoms with E-state index in [2.05, 4.69) is 0 Å². The van der Waals surface area contributed by atoms with E-state index in [1.54, 1.807) is 6.92 Å². The maximum absolute atomic E-state index is 9.95. The Morgan fingerprint density at radius 2 is 1.65 bits per heavy atom. The van der Waals surface area contributed by atoms with E-state index >= 15 is 0 Å². The van der Waals surface area contributed by atoms with Crippen LogP contribution in [0.2, 0.25) is 0 Å². The predicted molar refractivity (Wildman–Crippen MR) is 61.9 cm³/mol. The van der Waals surface area contributed by atoms with Gasteiger partial charge in [-0.2, -0.15) is 0 Å². The highest BCUT2D eigenvalue weighted by Crippen LogP contribution is 2.48. The van der Waals surface area contributed by atoms with Crippen molar-refractivity contribution in [2.24, 2.45) is 0 Å². The Morgan fingerprint density at radius 1 is 1.00 bits per heavy atom. The Hall–Kier alpha value is -2.30. The molecular formula is C12H12O5. The normalized spacial score (nSPS) is 10.7. The molecule has 0 atom stereocenters. The number of methoxy groups -OCH3 is 1. The highest BCUT2D eigenvalue weighted by molar-refractivity contribution is 6.01. The van der Waals surface area contributed by atoms with Gasteiger partial charge in [0.25, 0.3) is 0 Å². The van der Waals surface area contributed by atoms with Crippen molar-refractivity contribution in [2.45, 2.75) is 6.92 Å². The lowest BCUT2D eigenvalue weighted by Gasteiger charge is -2.14. The first-order valence-corrected chi connectivity index (χ1v) is 4.91. The molecule has 0 aliphatic carbocycles. The summed E-state index contributed by atoms with van der Waals surface area (Å²) in [6, 6.07) is 2.33. The van der Waals surface area contributed by atoms with Crippen LogP contribution >= 0.6 is 0 Å². The van der Waals surface area contributed by atoms with Crippen molar-refractivity contribution in [2.75, 3.05) is 7.11 Å². The van der Waals surface area contributed by atoms with Crippen LogP contribution in [0, 0.1) is 6.92 Å². The number of fused-ring (bicyclic) bond motifs is 1. The second-order valence-corrected chi connectivity index (χ2v) is 3.74. The lowest BCUT2D eigenvalue weighted by atomic mass is 10.0. The van der Waals surface area contributed by atoms with Crippen LogP contribution < -0.4 is 4.74 Å². The largest absolute Gasteiger partial charge is 0.508 e. The smallest absolute Gasteiger partial charge is 0.167 e. The summed E-state index contributed by atoms with van der Waals surface area (Å²) >= 11 is 0. The number of phenols is 4. The average molecular weight is 236 g/mol. The minimum Gasteiger partial charge on any atom is -0.508 e. The third-order valence-corrected chi connectivity index (χ3v) is 2.71.